The Morgan fingerprint density at radius 1 is 1.50 bits per heavy atom. The van der Waals surface area contributed by atoms with E-state index in [0.717, 1.165) is 5.56 Å². The van der Waals surface area contributed by atoms with Crippen LogP contribution in [-0.2, 0) is 11.3 Å². The lowest BCUT2D eigenvalue weighted by Crippen LogP contribution is -2.62. The molecule has 5 nitrogen and oxygen atoms in total. The molecule has 0 saturated carbocycles. The Hall–Kier alpha value is -1.59. The van der Waals surface area contributed by atoms with Crippen LogP contribution in [0.5, 0.6) is 5.75 Å². The molecule has 0 bridgehead atoms. The van der Waals surface area contributed by atoms with Gasteiger partial charge in [-0.2, -0.15) is 0 Å². The topological polar surface area (TPSA) is 75.8 Å². The number of carbonyl (C=O) groups excluding carboxylic acids is 1. The minimum atomic E-state index is -0.745. The van der Waals surface area contributed by atoms with Crippen LogP contribution in [0.2, 0.25) is 0 Å². The molecule has 0 radical (unpaired) electrons. The van der Waals surface area contributed by atoms with Crippen molar-refractivity contribution < 1.29 is 14.6 Å². The van der Waals surface area contributed by atoms with Gasteiger partial charge in [0.05, 0.1) is 18.7 Å². The van der Waals surface area contributed by atoms with Crippen LogP contribution in [0, 0.1) is 0 Å². The normalized spacial score (nSPS) is 17.2. The second kappa shape index (κ2) is 4.96. The Kier molecular flexibility index (Phi) is 3.54. The van der Waals surface area contributed by atoms with Crippen LogP contribution in [0.4, 0.5) is 0 Å². The van der Waals surface area contributed by atoms with Crippen LogP contribution in [0.25, 0.3) is 0 Å². The fourth-order valence-electron chi connectivity index (χ4n) is 2.00. The number of benzene rings is 1. The molecule has 2 rings (SSSR count). The molecule has 5 heteroatoms. The molecule has 98 valence electrons. The maximum atomic E-state index is 11.7. The van der Waals surface area contributed by atoms with Crippen LogP contribution in [0.3, 0.4) is 0 Å². The monoisotopic (exact) mass is 250 g/mol. The molecular weight excluding hydrogens is 232 g/mol. The third kappa shape index (κ3) is 2.80. The highest BCUT2D eigenvalue weighted by atomic mass is 16.5. The van der Waals surface area contributed by atoms with Gasteiger partial charge in [-0.1, -0.05) is 18.2 Å². The number of rotatable bonds is 4. The third-order valence-electron chi connectivity index (χ3n) is 2.96. The van der Waals surface area contributed by atoms with Crippen LogP contribution in [0.15, 0.2) is 24.3 Å². The summed E-state index contributed by atoms with van der Waals surface area (Å²) in [5.41, 5.74) is 5.71. The van der Waals surface area contributed by atoms with Gasteiger partial charge in [-0.3, -0.25) is 4.79 Å². The zero-order valence-corrected chi connectivity index (χ0v) is 10.4. The fraction of sp³-hybridized carbons (Fsp3) is 0.462. The first kappa shape index (κ1) is 12.9. The lowest BCUT2D eigenvalue weighted by Gasteiger charge is -2.44. The van der Waals surface area contributed by atoms with Gasteiger partial charge in [0.1, 0.15) is 5.75 Å². The summed E-state index contributed by atoms with van der Waals surface area (Å²) in [5, 5.41) is 9.55. The second-order valence-corrected chi connectivity index (χ2v) is 4.85. The third-order valence-corrected chi connectivity index (χ3v) is 2.96. The number of para-hydroxylation sites is 1. The van der Waals surface area contributed by atoms with Gasteiger partial charge in [0.25, 0.3) is 5.91 Å². The minimum Gasteiger partial charge on any atom is -0.483 e. The van der Waals surface area contributed by atoms with E-state index in [9.17, 15) is 9.90 Å². The predicted molar refractivity (Wildman–Crippen MR) is 67.0 cm³/mol. The highest BCUT2D eigenvalue weighted by Crippen LogP contribution is 2.21. The number of hydrogen-bond donors (Lipinski definition) is 2. The molecule has 1 amide bonds. The van der Waals surface area contributed by atoms with Crippen LogP contribution >= 0.6 is 0 Å². The number of nitrogens with two attached hydrogens (primary N) is 1. The molecule has 1 aliphatic rings. The molecule has 0 spiro atoms. The average Bonchev–Trinajstić information content (AvgIpc) is 2.33. The van der Waals surface area contributed by atoms with E-state index in [2.05, 4.69) is 0 Å². The number of likely N-dealkylation sites (tertiary alicyclic amines) is 1. The van der Waals surface area contributed by atoms with Crippen LogP contribution < -0.4 is 10.5 Å². The van der Waals surface area contributed by atoms with Gasteiger partial charge >= 0.3 is 0 Å². The molecular formula is C13H18N2O3. The van der Waals surface area contributed by atoms with E-state index in [1.165, 1.54) is 0 Å². The molecule has 0 unspecified atom stereocenters. The Morgan fingerprint density at radius 3 is 2.78 bits per heavy atom. The van der Waals surface area contributed by atoms with Gasteiger partial charge < -0.3 is 20.5 Å². The van der Waals surface area contributed by atoms with Gasteiger partial charge in [-0.15, -0.1) is 0 Å². The van der Waals surface area contributed by atoms with Gasteiger partial charge in [-0.25, -0.2) is 0 Å². The van der Waals surface area contributed by atoms with E-state index in [-0.39, 0.29) is 12.5 Å². The molecule has 0 atom stereocenters. The molecule has 0 aromatic heterocycles. The summed E-state index contributed by atoms with van der Waals surface area (Å²) in [4.78, 5) is 13.3. The number of nitrogens with zero attached hydrogens (tertiary/aromatic N) is 1. The first-order chi connectivity index (χ1) is 8.52. The number of amides is 1. The van der Waals surface area contributed by atoms with Crippen molar-refractivity contribution in [3.05, 3.63) is 29.8 Å². The largest absolute Gasteiger partial charge is 0.483 e. The predicted octanol–water partition coefficient (Wildman–Crippen LogP) is 0.117. The smallest absolute Gasteiger partial charge is 0.260 e. The molecule has 3 N–H and O–H groups in total. The number of ether oxygens (including phenoxy) is 1. The van der Waals surface area contributed by atoms with Crippen molar-refractivity contribution in [1.82, 2.24) is 4.90 Å². The lowest BCUT2D eigenvalue weighted by atomic mass is 9.97. The van der Waals surface area contributed by atoms with Crippen molar-refractivity contribution in [2.75, 3.05) is 19.7 Å². The Labute approximate surface area is 106 Å². The van der Waals surface area contributed by atoms with E-state index < -0.39 is 5.60 Å². The number of hydrogen-bond acceptors (Lipinski definition) is 4. The van der Waals surface area contributed by atoms with Crippen molar-refractivity contribution in [2.24, 2.45) is 5.73 Å². The Balaban J connectivity index is 1.86. The quantitative estimate of drug-likeness (QED) is 0.795. The van der Waals surface area contributed by atoms with E-state index in [4.69, 9.17) is 10.5 Å². The van der Waals surface area contributed by atoms with E-state index in [0.29, 0.717) is 25.4 Å². The molecule has 1 saturated heterocycles. The summed E-state index contributed by atoms with van der Waals surface area (Å²) in [5.74, 6) is 0.522. The van der Waals surface area contributed by atoms with Gasteiger partial charge in [0.15, 0.2) is 6.61 Å². The lowest BCUT2D eigenvalue weighted by molar-refractivity contribution is -0.154. The molecule has 1 aromatic rings. The van der Waals surface area contributed by atoms with Crippen LogP contribution in [-0.4, -0.2) is 41.2 Å². The summed E-state index contributed by atoms with van der Waals surface area (Å²) in [6.07, 6.45) is 0. The molecule has 1 heterocycles. The molecule has 1 fully saturated rings. The van der Waals surface area contributed by atoms with Gasteiger partial charge in [-0.05, 0) is 13.0 Å². The number of β-amino-alcohol motifs (C(OH)–C–C–N with tert-alkyl or cyclic N) is 1. The van der Waals surface area contributed by atoms with Crippen LogP contribution in [0.1, 0.15) is 12.5 Å². The summed E-state index contributed by atoms with van der Waals surface area (Å²) in [6.45, 7) is 2.80. The maximum Gasteiger partial charge on any atom is 0.260 e. The first-order valence-electron chi connectivity index (χ1n) is 5.93. The minimum absolute atomic E-state index is 0.0207. The summed E-state index contributed by atoms with van der Waals surface area (Å²) >= 11 is 0. The molecule has 1 aromatic carbocycles. The highest BCUT2D eigenvalue weighted by Gasteiger charge is 2.39. The second-order valence-electron chi connectivity index (χ2n) is 4.85. The molecule has 0 aliphatic carbocycles. The first-order valence-corrected chi connectivity index (χ1v) is 5.93. The molecule has 18 heavy (non-hydrogen) atoms. The van der Waals surface area contributed by atoms with Gasteiger partial charge in [0.2, 0.25) is 0 Å². The Bertz CT molecular complexity index is 438. The maximum absolute atomic E-state index is 11.7. The van der Waals surface area contributed by atoms with Gasteiger partial charge in [0, 0.05) is 12.1 Å². The SMILES string of the molecule is CC1(O)CN(C(=O)COc2ccccc2CN)C1. The van der Waals surface area contributed by atoms with E-state index in [1.807, 2.05) is 18.2 Å². The number of aliphatic hydroxyl groups is 1. The van der Waals surface area contributed by atoms with Crippen molar-refractivity contribution in [2.45, 2.75) is 19.1 Å². The average molecular weight is 250 g/mol. The standard InChI is InChI=1S/C13H18N2O3/c1-13(17)8-15(9-13)12(16)7-18-11-5-3-2-4-10(11)6-14/h2-5,17H,6-9,14H2,1H3. The Morgan fingerprint density at radius 2 is 2.17 bits per heavy atom. The summed E-state index contributed by atoms with van der Waals surface area (Å²) in [6, 6.07) is 7.38. The van der Waals surface area contributed by atoms with Crippen molar-refractivity contribution in [3.8, 4) is 5.75 Å². The highest BCUT2D eigenvalue weighted by molar-refractivity contribution is 5.79. The van der Waals surface area contributed by atoms with Crippen molar-refractivity contribution in [1.29, 1.82) is 0 Å². The summed E-state index contributed by atoms with van der Waals surface area (Å²) in [7, 11) is 0. The molecule has 1 aliphatic heterocycles. The van der Waals surface area contributed by atoms with E-state index in [1.54, 1.807) is 17.9 Å². The zero-order chi connectivity index (χ0) is 13.2. The van der Waals surface area contributed by atoms with Crippen molar-refractivity contribution >= 4 is 5.91 Å². The van der Waals surface area contributed by atoms with Crippen molar-refractivity contribution in [3.63, 3.8) is 0 Å². The zero-order valence-electron chi connectivity index (χ0n) is 10.4. The number of carbonyl (C=O) groups is 1. The summed E-state index contributed by atoms with van der Waals surface area (Å²) < 4.78 is 5.46. The fourth-order valence-corrected chi connectivity index (χ4v) is 2.00. The van der Waals surface area contributed by atoms with E-state index >= 15 is 0 Å².